The number of carbonyl (C=O) groups is 2. The zero-order chi connectivity index (χ0) is 22.1. The van der Waals surface area contributed by atoms with Crippen molar-refractivity contribution in [2.75, 3.05) is 31.3 Å². The molecular weight excluding hydrogens is 443 g/mol. The molecule has 2 aromatic carbocycles. The fourth-order valence-corrected chi connectivity index (χ4v) is 3.33. The third kappa shape index (κ3) is 8.67. The molecule has 0 fully saturated rings. The molecule has 0 saturated heterocycles. The number of anilines is 2. The molecule has 0 saturated carbocycles. The second-order valence-electron chi connectivity index (χ2n) is 6.95. The fraction of sp³-hybridized carbons (Fsp3) is 0.286. The highest BCUT2D eigenvalue weighted by molar-refractivity contribution is 7.80. The Morgan fingerprint density at radius 2 is 1.50 bits per heavy atom. The van der Waals surface area contributed by atoms with Crippen LogP contribution in [-0.4, -0.2) is 42.5 Å². The average molecular weight is 467 g/mol. The van der Waals surface area contributed by atoms with Gasteiger partial charge in [0.2, 0.25) is 5.91 Å². The van der Waals surface area contributed by atoms with Gasteiger partial charge in [-0.2, -0.15) is 0 Å². The van der Waals surface area contributed by atoms with Gasteiger partial charge in [0.1, 0.15) is 0 Å². The Hall–Kier alpha value is -2.19. The summed E-state index contributed by atoms with van der Waals surface area (Å²) < 4.78 is 0. The van der Waals surface area contributed by atoms with Gasteiger partial charge in [0.15, 0.2) is 5.11 Å². The Balaban J connectivity index is 1.81. The summed E-state index contributed by atoms with van der Waals surface area (Å²) in [5, 5.41) is 9.22. The van der Waals surface area contributed by atoms with Crippen molar-refractivity contribution in [3.05, 3.63) is 58.1 Å². The lowest BCUT2D eigenvalue weighted by Gasteiger charge is -2.11. The molecule has 6 nitrogen and oxygen atoms in total. The van der Waals surface area contributed by atoms with Crippen LogP contribution in [0.4, 0.5) is 11.4 Å². The molecule has 0 atom stereocenters. The monoisotopic (exact) mass is 466 g/mol. The minimum absolute atomic E-state index is 0.0163. The van der Waals surface area contributed by atoms with Crippen LogP contribution in [0.5, 0.6) is 0 Å². The second kappa shape index (κ2) is 11.9. The maximum atomic E-state index is 12.3. The van der Waals surface area contributed by atoms with Crippen molar-refractivity contribution in [1.82, 2.24) is 10.2 Å². The lowest BCUT2D eigenvalue weighted by Crippen LogP contribution is -2.34. The van der Waals surface area contributed by atoms with Crippen LogP contribution < -0.4 is 16.0 Å². The number of unbranched alkanes of at least 4 members (excludes halogenated alkanes) is 1. The number of amides is 2. The summed E-state index contributed by atoms with van der Waals surface area (Å²) in [4.78, 5) is 26.4. The van der Waals surface area contributed by atoms with Crippen LogP contribution in [0.2, 0.25) is 10.0 Å². The first-order chi connectivity index (χ1) is 14.2. The molecule has 30 heavy (non-hydrogen) atoms. The van der Waals surface area contributed by atoms with E-state index in [4.69, 9.17) is 35.4 Å². The first-order valence-electron chi connectivity index (χ1n) is 9.36. The molecule has 0 unspecified atom stereocenters. The lowest BCUT2D eigenvalue weighted by molar-refractivity contribution is -0.116. The van der Waals surface area contributed by atoms with Crippen molar-refractivity contribution in [3.8, 4) is 0 Å². The van der Waals surface area contributed by atoms with Crippen LogP contribution in [0, 0.1) is 0 Å². The van der Waals surface area contributed by atoms with E-state index in [1.165, 1.54) is 12.1 Å². The Kier molecular flexibility index (Phi) is 9.52. The number of thiocarbonyl (C=S) groups is 1. The molecule has 0 aromatic heterocycles. The molecule has 0 bridgehead atoms. The Morgan fingerprint density at radius 3 is 2.07 bits per heavy atom. The predicted octanol–water partition coefficient (Wildman–Crippen LogP) is 4.79. The number of nitrogens with zero attached hydrogens (tertiary/aromatic N) is 1. The van der Waals surface area contributed by atoms with Crippen molar-refractivity contribution in [1.29, 1.82) is 0 Å². The van der Waals surface area contributed by atoms with Crippen LogP contribution in [0.3, 0.4) is 0 Å². The highest BCUT2D eigenvalue weighted by Crippen LogP contribution is 2.19. The van der Waals surface area contributed by atoms with Crippen molar-refractivity contribution in [2.45, 2.75) is 19.3 Å². The molecule has 0 aliphatic carbocycles. The fourth-order valence-electron chi connectivity index (χ4n) is 2.60. The van der Waals surface area contributed by atoms with Gasteiger partial charge in [0.05, 0.1) is 0 Å². The van der Waals surface area contributed by atoms with E-state index < -0.39 is 5.91 Å². The Labute approximate surface area is 191 Å². The van der Waals surface area contributed by atoms with Gasteiger partial charge in [0.25, 0.3) is 5.91 Å². The van der Waals surface area contributed by atoms with Crippen molar-refractivity contribution in [3.63, 3.8) is 0 Å². The van der Waals surface area contributed by atoms with Gasteiger partial charge in [-0.25, -0.2) is 0 Å². The second-order valence-corrected chi connectivity index (χ2v) is 8.23. The van der Waals surface area contributed by atoms with E-state index in [0.717, 1.165) is 19.4 Å². The molecule has 0 heterocycles. The number of nitrogens with one attached hydrogen (secondary N) is 3. The number of benzene rings is 2. The number of halogens is 2. The van der Waals surface area contributed by atoms with Gasteiger partial charge in [-0.15, -0.1) is 0 Å². The topological polar surface area (TPSA) is 73.5 Å². The molecule has 2 aromatic rings. The highest BCUT2D eigenvalue weighted by Gasteiger charge is 2.10. The lowest BCUT2D eigenvalue weighted by atomic mass is 10.2. The highest BCUT2D eigenvalue weighted by atomic mass is 35.5. The molecule has 3 N–H and O–H groups in total. The maximum Gasteiger partial charge on any atom is 0.257 e. The van der Waals surface area contributed by atoms with Gasteiger partial charge in [0, 0.05) is 33.4 Å². The molecule has 9 heteroatoms. The van der Waals surface area contributed by atoms with Gasteiger partial charge in [-0.1, -0.05) is 23.2 Å². The van der Waals surface area contributed by atoms with Gasteiger partial charge >= 0.3 is 0 Å². The zero-order valence-corrected chi connectivity index (χ0v) is 19.1. The molecule has 0 spiro atoms. The summed E-state index contributed by atoms with van der Waals surface area (Å²) in [5.41, 5.74) is 1.68. The van der Waals surface area contributed by atoms with E-state index in [2.05, 4.69) is 20.9 Å². The molecule has 2 rings (SSSR count). The Bertz CT molecular complexity index is 884. The molecule has 0 radical (unpaired) electrons. The van der Waals surface area contributed by atoms with E-state index in [1.54, 1.807) is 30.3 Å². The van der Waals surface area contributed by atoms with Crippen molar-refractivity contribution in [2.24, 2.45) is 0 Å². The van der Waals surface area contributed by atoms with Crippen LogP contribution in [0.15, 0.2) is 42.5 Å². The summed E-state index contributed by atoms with van der Waals surface area (Å²) in [6.07, 6.45) is 2.31. The maximum absolute atomic E-state index is 12.3. The zero-order valence-electron chi connectivity index (χ0n) is 16.8. The summed E-state index contributed by atoms with van der Waals surface area (Å²) in [7, 11) is 4.03. The number of hydrogen-bond donors (Lipinski definition) is 3. The quantitative estimate of drug-likeness (QED) is 0.385. The number of carbonyl (C=O) groups excluding carboxylic acids is 2. The van der Waals surface area contributed by atoms with Crippen LogP contribution >= 0.6 is 35.4 Å². The van der Waals surface area contributed by atoms with Crippen molar-refractivity contribution >= 4 is 63.7 Å². The van der Waals surface area contributed by atoms with E-state index in [0.29, 0.717) is 33.4 Å². The summed E-state index contributed by atoms with van der Waals surface area (Å²) in [6.45, 7) is 0.967. The summed E-state index contributed by atoms with van der Waals surface area (Å²) in [6, 6.07) is 11.6. The molecule has 160 valence electrons. The van der Waals surface area contributed by atoms with Gasteiger partial charge in [-0.3, -0.25) is 14.9 Å². The van der Waals surface area contributed by atoms with Crippen LogP contribution in [0.25, 0.3) is 0 Å². The van der Waals surface area contributed by atoms with E-state index in [1.807, 2.05) is 14.1 Å². The number of rotatable bonds is 8. The normalized spacial score (nSPS) is 10.6. The van der Waals surface area contributed by atoms with Gasteiger partial charge < -0.3 is 15.5 Å². The van der Waals surface area contributed by atoms with Crippen LogP contribution in [-0.2, 0) is 4.79 Å². The minimum atomic E-state index is -0.421. The number of hydrogen-bond acceptors (Lipinski definition) is 4. The van der Waals surface area contributed by atoms with Crippen LogP contribution in [0.1, 0.15) is 29.6 Å². The molecule has 2 amide bonds. The average Bonchev–Trinajstić information content (AvgIpc) is 2.66. The summed E-state index contributed by atoms with van der Waals surface area (Å²) >= 11 is 17.0. The predicted molar refractivity (Wildman–Crippen MR) is 128 cm³/mol. The van der Waals surface area contributed by atoms with Gasteiger partial charge in [-0.05, 0) is 88.2 Å². The largest absolute Gasteiger partial charge is 0.332 e. The molecule has 0 aliphatic heterocycles. The van der Waals surface area contributed by atoms with E-state index >= 15 is 0 Å². The molecule has 0 aliphatic rings. The third-order valence-corrected chi connectivity index (χ3v) is 4.68. The van der Waals surface area contributed by atoms with E-state index in [9.17, 15) is 9.59 Å². The minimum Gasteiger partial charge on any atom is -0.332 e. The first-order valence-corrected chi connectivity index (χ1v) is 10.5. The molecular formula is C21H24Cl2N4O2S. The Morgan fingerprint density at radius 1 is 0.933 bits per heavy atom. The van der Waals surface area contributed by atoms with Crippen molar-refractivity contribution < 1.29 is 9.59 Å². The smallest absolute Gasteiger partial charge is 0.257 e. The standard InChI is InChI=1S/C21H24Cl2N4O2S/c1-27(2)10-4-3-5-19(28)24-17-6-8-18(9-7-17)25-21(30)26-20(29)14-11-15(22)13-16(23)12-14/h6-9,11-13H,3-5,10H2,1-2H3,(H,24,28)(H2,25,26,29,30). The first kappa shape index (κ1) is 24.1. The summed E-state index contributed by atoms with van der Waals surface area (Å²) in [5.74, 6) is -0.438. The van der Waals surface area contributed by atoms with E-state index in [-0.39, 0.29) is 11.0 Å². The SMILES string of the molecule is CN(C)CCCCC(=O)Nc1ccc(NC(=S)NC(=O)c2cc(Cl)cc(Cl)c2)cc1. The third-order valence-electron chi connectivity index (χ3n) is 4.04.